The molecule has 4 rings (SSSR count). The fourth-order valence-electron chi connectivity index (χ4n) is 5.39. The Bertz CT molecular complexity index is 832. The molecule has 2 saturated heterocycles. The number of hydrogen-bond donors (Lipinski definition) is 0. The van der Waals surface area contributed by atoms with E-state index in [1.54, 1.807) is 6.92 Å². The van der Waals surface area contributed by atoms with Crippen molar-refractivity contribution in [2.24, 2.45) is 5.92 Å². The summed E-state index contributed by atoms with van der Waals surface area (Å²) in [6, 6.07) is 0.684. The lowest BCUT2D eigenvalue weighted by Gasteiger charge is -2.39. The van der Waals surface area contributed by atoms with Crippen molar-refractivity contribution in [3.05, 3.63) is 17.1 Å². The molecule has 170 valence electrons. The van der Waals surface area contributed by atoms with Gasteiger partial charge in [-0.25, -0.2) is 9.97 Å². The van der Waals surface area contributed by atoms with E-state index < -0.39 is 0 Å². The van der Waals surface area contributed by atoms with E-state index in [1.807, 2.05) is 9.80 Å². The van der Waals surface area contributed by atoms with Crippen molar-refractivity contribution in [3.63, 3.8) is 0 Å². The Balaban J connectivity index is 1.57. The van der Waals surface area contributed by atoms with E-state index in [-0.39, 0.29) is 17.9 Å². The molecule has 0 aromatic carbocycles. The SMILES string of the molecule is CC(=O)N1CCC(N2CCC[C@H]2c2nc(C)c3c(n2)N(CCC(C)C)C(=O)CC3)CC1. The van der Waals surface area contributed by atoms with E-state index in [0.717, 1.165) is 87.6 Å². The minimum Gasteiger partial charge on any atom is -0.343 e. The second kappa shape index (κ2) is 9.23. The van der Waals surface area contributed by atoms with Gasteiger partial charge in [-0.2, -0.15) is 0 Å². The molecule has 0 bridgehead atoms. The number of carbonyl (C=O) groups excluding carboxylic acids is 2. The number of piperidine rings is 1. The third kappa shape index (κ3) is 4.61. The Morgan fingerprint density at radius 3 is 2.52 bits per heavy atom. The number of nitrogens with zero attached hydrogens (tertiary/aromatic N) is 5. The molecular weight excluding hydrogens is 390 g/mol. The minimum atomic E-state index is 0.177. The van der Waals surface area contributed by atoms with Crippen molar-refractivity contribution in [1.82, 2.24) is 19.8 Å². The van der Waals surface area contributed by atoms with Gasteiger partial charge < -0.3 is 4.90 Å². The van der Waals surface area contributed by atoms with Gasteiger partial charge >= 0.3 is 0 Å². The minimum absolute atomic E-state index is 0.177. The van der Waals surface area contributed by atoms with Crippen LogP contribution in [0.3, 0.4) is 0 Å². The van der Waals surface area contributed by atoms with Gasteiger partial charge in [0.2, 0.25) is 11.8 Å². The maximum absolute atomic E-state index is 12.7. The lowest BCUT2D eigenvalue weighted by Crippen LogP contribution is -2.46. The number of amides is 2. The molecule has 1 aromatic heterocycles. The number of carbonyl (C=O) groups is 2. The van der Waals surface area contributed by atoms with Crippen molar-refractivity contribution in [2.75, 3.05) is 31.1 Å². The van der Waals surface area contributed by atoms with E-state index in [9.17, 15) is 9.59 Å². The van der Waals surface area contributed by atoms with E-state index in [4.69, 9.17) is 9.97 Å². The fourth-order valence-corrected chi connectivity index (χ4v) is 5.39. The number of hydrogen-bond acceptors (Lipinski definition) is 5. The monoisotopic (exact) mass is 427 g/mol. The largest absolute Gasteiger partial charge is 0.343 e. The van der Waals surface area contributed by atoms with Crippen molar-refractivity contribution >= 4 is 17.6 Å². The van der Waals surface area contributed by atoms with Crippen molar-refractivity contribution in [1.29, 1.82) is 0 Å². The normalized spacial score (nSPS) is 23.0. The smallest absolute Gasteiger partial charge is 0.228 e. The summed E-state index contributed by atoms with van der Waals surface area (Å²) in [5.41, 5.74) is 2.17. The molecule has 31 heavy (non-hydrogen) atoms. The zero-order chi connectivity index (χ0) is 22.1. The number of likely N-dealkylation sites (tertiary alicyclic amines) is 2. The van der Waals surface area contributed by atoms with Gasteiger partial charge in [0.1, 0.15) is 11.6 Å². The second-order valence-electron chi connectivity index (χ2n) is 9.83. The van der Waals surface area contributed by atoms with Crippen molar-refractivity contribution in [3.8, 4) is 0 Å². The maximum atomic E-state index is 12.7. The van der Waals surface area contributed by atoms with Gasteiger partial charge in [0, 0.05) is 50.3 Å². The first kappa shape index (κ1) is 22.2. The van der Waals surface area contributed by atoms with Crippen LogP contribution in [-0.2, 0) is 16.0 Å². The Labute approximate surface area is 186 Å². The summed E-state index contributed by atoms with van der Waals surface area (Å²) in [5.74, 6) is 2.66. The molecule has 0 N–H and O–H groups in total. The second-order valence-corrected chi connectivity index (χ2v) is 9.83. The Morgan fingerprint density at radius 2 is 1.84 bits per heavy atom. The van der Waals surface area contributed by atoms with Gasteiger partial charge in [-0.15, -0.1) is 0 Å². The van der Waals surface area contributed by atoms with Crippen LogP contribution in [0.25, 0.3) is 0 Å². The number of fused-ring (bicyclic) bond motifs is 1. The molecule has 7 heteroatoms. The average Bonchev–Trinajstić information content (AvgIpc) is 3.22. The predicted molar refractivity (Wildman–Crippen MR) is 121 cm³/mol. The van der Waals surface area contributed by atoms with E-state index >= 15 is 0 Å². The van der Waals surface area contributed by atoms with Crippen molar-refractivity contribution in [2.45, 2.75) is 84.7 Å². The summed E-state index contributed by atoms with van der Waals surface area (Å²) in [4.78, 5) is 40.9. The Hall–Kier alpha value is -2.02. The highest BCUT2D eigenvalue weighted by molar-refractivity contribution is 5.95. The average molecular weight is 428 g/mol. The zero-order valence-electron chi connectivity index (χ0n) is 19.6. The first-order valence-electron chi connectivity index (χ1n) is 12.0. The van der Waals surface area contributed by atoms with Crippen LogP contribution in [0, 0.1) is 12.8 Å². The van der Waals surface area contributed by atoms with Gasteiger partial charge in [0.15, 0.2) is 0 Å². The molecule has 2 amide bonds. The van der Waals surface area contributed by atoms with Crippen LogP contribution >= 0.6 is 0 Å². The van der Waals surface area contributed by atoms with Crippen LogP contribution in [-0.4, -0.2) is 63.8 Å². The highest BCUT2D eigenvalue weighted by Gasteiger charge is 2.37. The van der Waals surface area contributed by atoms with Crippen molar-refractivity contribution < 1.29 is 9.59 Å². The topological polar surface area (TPSA) is 69.6 Å². The zero-order valence-corrected chi connectivity index (χ0v) is 19.6. The third-order valence-electron chi connectivity index (χ3n) is 7.26. The van der Waals surface area contributed by atoms with Crippen LogP contribution in [0.5, 0.6) is 0 Å². The molecule has 0 spiro atoms. The molecular formula is C24H37N5O2. The molecule has 0 saturated carbocycles. The molecule has 0 radical (unpaired) electrons. The predicted octanol–water partition coefficient (Wildman–Crippen LogP) is 3.26. The number of aromatic nitrogens is 2. The van der Waals surface area contributed by atoms with E-state index in [0.29, 0.717) is 18.4 Å². The summed E-state index contributed by atoms with van der Waals surface area (Å²) in [7, 11) is 0. The first-order valence-corrected chi connectivity index (χ1v) is 12.0. The van der Waals surface area contributed by atoms with Crippen LogP contribution in [0.4, 0.5) is 5.82 Å². The van der Waals surface area contributed by atoms with E-state index in [1.165, 1.54) is 0 Å². The molecule has 7 nitrogen and oxygen atoms in total. The molecule has 3 aliphatic rings. The summed E-state index contributed by atoms with van der Waals surface area (Å²) >= 11 is 0. The number of anilines is 1. The highest BCUT2D eigenvalue weighted by Crippen LogP contribution is 2.37. The highest BCUT2D eigenvalue weighted by atomic mass is 16.2. The van der Waals surface area contributed by atoms with Crippen LogP contribution in [0.15, 0.2) is 0 Å². The molecule has 0 unspecified atom stereocenters. The van der Waals surface area contributed by atoms with Gasteiger partial charge in [-0.1, -0.05) is 13.8 Å². The quantitative estimate of drug-likeness (QED) is 0.721. The summed E-state index contributed by atoms with van der Waals surface area (Å²) in [6.45, 7) is 11.6. The van der Waals surface area contributed by atoms with Gasteiger partial charge in [0.25, 0.3) is 0 Å². The fraction of sp³-hybridized carbons (Fsp3) is 0.750. The summed E-state index contributed by atoms with van der Waals surface area (Å²) < 4.78 is 0. The number of rotatable bonds is 5. The van der Waals surface area contributed by atoms with E-state index in [2.05, 4.69) is 25.7 Å². The molecule has 1 atom stereocenters. The number of aryl methyl sites for hydroxylation is 1. The van der Waals surface area contributed by atoms with Crippen LogP contribution < -0.4 is 4.90 Å². The van der Waals surface area contributed by atoms with Gasteiger partial charge in [0.05, 0.1) is 6.04 Å². The lowest BCUT2D eigenvalue weighted by molar-refractivity contribution is -0.130. The molecule has 3 aliphatic heterocycles. The Morgan fingerprint density at radius 1 is 1.10 bits per heavy atom. The maximum Gasteiger partial charge on any atom is 0.228 e. The molecule has 1 aromatic rings. The lowest BCUT2D eigenvalue weighted by atomic mass is 10.0. The third-order valence-corrected chi connectivity index (χ3v) is 7.26. The van der Waals surface area contributed by atoms with Crippen LogP contribution in [0.2, 0.25) is 0 Å². The van der Waals surface area contributed by atoms with Gasteiger partial charge in [-0.3, -0.25) is 19.4 Å². The molecule has 2 fully saturated rings. The standard InChI is InChI=1S/C24H37N5O2/c1-16(2)9-15-29-22(31)8-7-20-17(3)25-23(26-24(20)29)21-6-5-12-28(21)19-10-13-27(14-11-19)18(4)30/h16,19,21H,5-15H2,1-4H3/t21-/m0/s1. The molecule has 4 heterocycles. The van der Waals surface area contributed by atoms with Gasteiger partial charge in [-0.05, 0) is 57.9 Å². The Kier molecular flexibility index (Phi) is 6.60. The van der Waals surface area contributed by atoms with Crippen LogP contribution in [0.1, 0.15) is 82.4 Å². The summed E-state index contributed by atoms with van der Waals surface area (Å²) in [5, 5.41) is 0. The first-order chi connectivity index (χ1) is 14.8. The summed E-state index contributed by atoms with van der Waals surface area (Å²) in [6.07, 6.45) is 6.51. The molecule has 0 aliphatic carbocycles.